The molecule has 1 aromatic carbocycles. The fraction of sp³-hybridized carbons (Fsp3) is 0.357. The average Bonchev–Trinajstić information content (AvgIpc) is 2.98. The number of esters is 1. The fourth-order valence-corrected chi connectivity index (χ4v) is 3.29. The van der Waals surface area contributed by atoms with Gasteiger partial charge in [-0.05, 0) is 25.1 Å². The highest BCUT2D eigenvalue weighted by atomic mass is 32.1. The molecule has 0 bridgehead atoms. The SMILES string of the molecule is COC(=O)C1CC(=O)N(c2ccc3sc(C)nc3c2)C1. The molecule has 1 amide bonds. The maximum atomic E-state index is 12.0. The standard InChI is InChI=1S/C14H14N2O3S/c1-8-15-11-6-10(3-4-12(11)20-8)16-7-9(5-13(16)17)14(18)19-2/h3-4,6,9H,5,7H2,1-2H3. The number of methoxy groups -OCH3 is 1. The Bertz CT molecular complexity index is 695. The van der Waals surface area contributed by atoms with E-state index in [4.69, 9.17) is 4.74 Å². The summed E-state index contributed by atoms with van der Waals surface area (Å²) in [4.78, 5) is 29.7. The van der Waals surface area contributed by atoms with Crippen molar-refractivity contribution >= 4 is 39.1 Å². The third-order valence-electron chi connectivity index (χ3n) is 3.45. The Kier molecular flexibility index (Phi) is 3.17. The Labute approximate surface area is 120 Å². The van der Waals surface area contributed by atoms with E-state index in [1.165, 1.54) is 7.11 Å². The lowest BCUT2D eigenvalue weighted by atomic mass is 10.1. The van der Waals surface area contributed by atoms with Crippen molar-refractivity contribution in [3.63, 3.8) is 0 Å². The van der Waals surface area contributed by atoms with Crippen molar-refractivity contribution in [2.45, 2.75) is 13.3 Å². The largest absolute Gasteiger partial charge is 0.469 e. The van der Waals surface area contributed by atoms with E-state index in [0.29, 0.717) is 6.54 Å². The minimum absolute atomic E-state index is 0.0494. The number of amides is 1. The van der Waals surface area contributed by atoms with Crippen LogP contribution in [0.25, 0.3) is 10.2 Å². The van der Waals surface area contributed by atoms with Crippen LogP contribution >= 0.6 is 11.3 Å². The number of ether oxygens (including phenoxy) is 1. The predicted molar refractivity (Wildman–Crippen MR) is 76.8 cm³/mol. The van der Waals surface area contributed by atoms with E-state index in [-0.39, 0.29) is 24.2 Å². The normalized spacial score (nSPS) is 18.8. The molecule has 1 aromatic heterocycles. The number of aryl methyl sites for hydroxylation is 1. The lowest BCUT2D eigenvalue weighted by Gasteiger charge is -2.16. The Hall–Kier alpha value is -1.95. The predicted octanol–water partition coefficient (Wildman–Crippen LogP) is 2.13. The first kappa shape index (κ1) is 13.1. The van der Waals surface area contributed by atoms with Gasteiger partial charge in [-0.15, -0.1) is 11.3 Å². The number of aromatic nitrogens is 1. The molecule has 104 valence electrons. The van der Waals surface area contributed by atoms with Crippen molar-refractivity contribution in [3.8, 4) is 0 Å². The molecular weight excluding hydrogens is 276 g/mol. The fourth-order valence-electron chi connectivity index (χ4n) is 2.48. The molecule has 1 saturated heterocycles. The third-order valence-corrected chi connectivity index (χ3v) is 4.40. The number of hydrogen-bond donors (Lipinski definition) is 0. The first-order valence-electron chi connectivity index (χ1n) is 6.34. The average molecular weight is 290 g/mol. The first-order valence-corrected chi connectivity index (χ1v) is 7.15. The number of fused-ring (bicyclic) bond motifs is 1. The van der Waals surface area contributed by atoms with Crippen LogP contribution in [0.1, 0.15) is 11.4 Å². The van der Waals surface area contributed by atoms with Crippen LogP contribution in [0.3, 0.4) is 0 Å². The molecule has 0 radical (unpaired) electrons. The Balaban J connectivity index is 1.90. The summed E-state index contributed by atoms with van der Waals surface area (Å²) in [6, 6.07) is 5.77. The second-order valence-electron chi connectivity index (χ2n) is 4.81. The maximum absolute atomic E-state index is 12.0. The molecule has 2 heterocycles. The summed E-state index contributed by atoms with van der Waals surface area (Å²) in [6.07, 6.45) is 0.209. The van der Waals surface area contributed by atoms with Crippen LogP contribution in [0.4, 0.5) is 5.69 Å². The molecule has 1 unspecified atom stereocenters. The number of nitrogens with zero attached hydrogens (tertiary/aromatic N) is 2. The van der Waals surface area contributed by atoms with E-state index < -0.39 is 0 Å². The van der Waals surface area contributed by atoms with Crippen molar-refractivity contribution < 1.29 is 14.3 Å². The van der Waals surface area contributed by atoms with Gasteiger partial charge in [-0.2, -0.15) is 0 Å². The van der Waals surface area contributed by atoms with Crippen LogP contribution in [0.15, 0.2) is 18.2 Å². The molecule has 2 aromatic rings. The van der Waals surface area contributed by atoms with Crippen molar-refractivity contribution in [1.82, 2.24) is 4.98 Å². The Morgan fingerprint density at radius 2 is 2.30 bits per heavy atom. The van der Waals surface area contributed by atoms with E-state index in [2.05, 4.69) is 4.98 Å². The highest BCUT2D eigenvalue weighted by molar-refractivity contribution is 7.18. The number of rotatable bonds is 2. The quantitative estimate of drug-likeness (QED) is 0.795. The number of thiazole rings is 1. The van der Waals surface area contributed by atoms with Crippen LogP contribution in [-0.2, 0) is 14.3 Å². The van der Waals surface area contributed by atoms with Gasteiger partial charge in [0.25, 0.3) is 0 Å². The molecule has 1 fully saturated rings. The zero-order chi connectivity index (χ0) is 14.3. The molecule has 5 nitrogen and oxygen atoms in total. The summed E-state index contributed by atoms with van der Waals surface area (Å²) in [6.45, 7) is 2.33. The topological polar surface area (TPSA) is 59.5 Å². The van der Waals surface area contributed by atoms with Crippen LogP contribution < -0.4 is 4.90 Å². The highest BCUT2D eigenvalue weighted by Crippen LogP contribution is 2.30. The van der Waals surface area contributed by atoms with Crippen LogP contribution in [-0.4, -0.2) is 30.5 Å². The lowest BCUT2D eigenvalue weighted by molar-refractivity contribution is -0.145. The van der Waals surface area contributed by atoms with Crippen LogP contribution in [0.5, 0.6) is 0 Å². The molecule has 0 N–H and O–H groups in total. The van der Waals surface area contributed by atoms with Gasteiger partial charge in [0, 0.05) is 18.7 Å². The molecule has 1 atom stereocenters. The number of benzene rings is 1. The van der Waals surface area contributed by atoms with E-state index in [0.717, 1.165) is 20.9 Å². The van der Waals surface area contributed by atoms with Gasteiger partial charge in [-0.3, -0.25) is 9.59 Å². The van der Waals surface area contributed by atoms with Crippen LogP contribution in [0.2, 0.25) is 0 Å². The van der Waals surface area contributed by atoms with E-state index in [1.807, 2.05) is 25.1 Å². The third kappa shape index (κ3) is 2.16. The van der Waals surface area contributed by atoms with Crippen LogP contribution in [0, 0.1) is 12.8 Å². The molecule has 0 spiro atoms. The molecule has 1 aliphatic heterocycles. The number of anilines is 1. The summed E-state index contributed by atoms with van der Waals surface area (Å²) < 4.78 is 5.81. The summed E-state index contributed by atoms with van der Waals surface area (Å²) >= 11 is 1.62. The summed E-state index contributed by atoms with van der Waals surface area (Å²) in [7, 11) is 1.35. The van der Waals surface area contributed by atoms with E-state index >= 15 is 0 Å². The van der Waals surface area contributed by atoms with Gasteiger partial charge >= 0.3 is 5.97 Å². The maximum Gasteiger partial charge on any atom is 0.311 e. The Morgan fingerprint density at radius 3 is 3.05 bits per heavy atom. The minimum atomic E-state index is -0.375. The van der Waals surface area contributed by atoms with Gasteiger partial charge in [0.2, 0.25) is 5.91 Å². The summed E-state index contributed by atoms with van der Waals surface area (Å²) in [5.74, 6) is -0.751. The molecule has 0 saturated carbocycles. The monoisotopic (exact) mass is 290 g/mol. The van der Waals surface area contributed by atoms with Crippen molar-refractivity contribution in [1.29, 1.82) is 0 Å². The summed E-state index contributed by atoms with van der Waals surface area (Å²) in [5, 5.41) is 0.998. The number of carbonyl (C=O) groups excluding carboxylic acids is 2. The van der Waals surface area contributed by atoms with Gasteiger partial charge in [-0.25, -0.2) is 4.98 Å². The van der Waals surface area contributed by atoms with Gasteiger partial charge in [-0.1, -0.05) is 0 Å². The first-order chi connectivity index (χ1) is 9.58. The molecule has 1 aliphatic rings. The zero-order valence-electron chi connectivity index (χ0n) is 11.3. The van der Waals surface area contributed by atoms with Crippen molar-refractivity contribution in [2.75, 3.05) is 18.6 Å². The number of carbonyl (C=O) groups is 2. The molecule has 0 aliphatic carbocycles. The highest BCUT2D eigenvalue weighted by Gasteiger charge is 2.35. The number of hydrogen-bond acceptors (Lipinski definition) is 5. The molecule has 6 heteroatoms. The van der Waals surface area contributed by atoms with Gasteiger partial charge in [0.05, 0.1) is 28.3 Å². The van der Waals surface area contributed by atoms with Gasteiger partial charge in [0.1, 0.15) is 0 Å². The lowest BCUT2D eigenvalue weighted by Crippen LogP contribution is -2.26. The van der Waals surface area contributed by atoms with E-state index in [9.17, 15) is 9.59 Å². The zero-order valence-corrected chi connectivity index (χ0v) is 12.1. The van der Waals surface area contributed by atoms with Crippen molar-refractivity contribution in [3.05, 3.63) is 23.2 Å². The van der Waals surface area contributed by atoms with E-state index in [1.54, 1.807) is 16.2 Å². The molecule has 3 rings (SSSR count). The Morgan fingerprint density at radius 1 is 1.50 bits per heavy atom. The van der Waals surface area contributed by atoms with Gasteiger partial charge < -0.3 is 9.64 Å². The second kappa shape index (κ2) is 4.86. The summed E-state index contributed by atoms with van der Waals surface area (Å²) in [5.41, 5.74) is 1.68. The minimum Gasteiger partial charge on any atom is -0.469 e. The van der Waals surface area contributed by atoms with Crippen molar-refractivity contribution in [2.24, 2.45) is 5.92 Å². The molecular formula is C14H14N2O3S. The molecule has 20 heavy (non-hydrogen) atoms. The van der Waals surface area contributed by atoms with Gasteiger partial charge in [0.15, 0.2) is 0 Å². The smallest absolute Gasteiger partial charge is 0.311 e. The second-order valence-corrected chi connectivity index (χ2v) is 6.05.